The summed E-state index contributed by atoms with van der Waals surface area (Å²) < 4.78 is 4.96. The molecule has 0 radical (unpaired) electrons. The van der Waals surface area contributed by atoms with Gasteiger partial charge in [-0.2, -0.15) is 0 Å². The molecule has 1 aliphatic heterocycles. The van der Waals surface area contributed by atoms with E-state index in [4.69, 9.17) is 4.74 Å². The van der Waals surface area contributed by atoms with E-state index in [-0.39, 0.29) is 11.7 Å². The molecule has 0 amide bonds. The molecule has 5 nitrogen and oxygen atoms in total. The lowest BCUT2D eigenvalue weighted by molar-refractivity contribution is -0.425. The van der Waals surface area contributed by atoms with Gasteiger partial charge in [0.05, 0.1) is 16.9 Å². The van der Waals surface area contributed by atoms with Crippen molar-refractivity contribution in [2.75, 3.05) is 6.61 Å². The van der Waals surface area contributed by atoms with Crippen molar-refractivity contribution in [3.05, 3.63) is 21.9 Å². The summed E-state index contributed by atoms with van der Waals surface area (Å²) in [4.78, 5) is 21.7. The molecule has 5 heteroatoms. The molecule has 1 aliphatic rings. The van der Waals surface area contributed by atoms with Gasteiger partial charge in [-0.05, 0) is 19.3 Å². The minimum absolute atomic E-state index is 0.00991. The van der Waals surface area contributed by atoms with Crippen LogP contribution in [0.3, 0.4) is 0 Å². The zero-order chi connectivity index (χ0) is 11.5. The maximum absolute atomic E-state index is 11.6. The standard InChI is InChI=1S/C10H15NO4/c1-3-10(7-8(2)11(13)14)5-4-6-15-9(10)12/h7H,3-6H2,1-2H3/b8-7+/t10-/m0/s1. The maximum atomic E-state index is 11.6. The summed E-state index contributed by atoms with van der Waals surface area (Å²) in [5, 5.41) is 10.5. The van der Waals surface area contributed by atoms with E-state index in [0.29, 0.717) is 19.4 Å². The van der Waals surface area contributed by atoms with E-state index in [1.54, 1.807) is 0 Å². The minimum atomic E-state index is -0.782. The molecule has 0 unspecified atom stereocenters. The highest BCUT2D eigenvalue weighted by Crippen LogP contribution is 2.35. The predicted octanol–water partition coefficient (Wildman–Crippen LogP) is 1.90. The van der Waals surface area contributed by atoms with Crippen molar-refractivity contribution in [1.29, 1.82) is 0 Å². The Labute approximate surface area is 88.3 Å². The second-order valence-electron chi connectivity index (χ2n) is 3.79. The SMILES string of the molecule is CC[C@@]1(/C=C(\C)[N+](=O)[O-])CCCOC1=O. The van der Waals surface area contributed by atoms with Crippen LogP contribution < -0.4 is 0 Å². The summed E-state index contributed by atoms with van der Waals surface area (Å²) >= 11 is 0. The van der Waals surface area contributed by atoms with Crippen molar-refractivity contribution in [3.63, 3.8) is 0 Å². The molecule has 0 spiro atoms. The Morgan fingerprint density at radius 1 is 1.73 bits per heavy atom. The Bertz CT molecular complexity index is 311. The van der Waals surface area contributed by atoms with E-state index in [0.717, 1.165) is 6.42 Å². The molecule has 0 N–H and O–H groups in total. The molecule has 0 aromatic rings. The normalized spacial score (nSPS) is 27.3. The molecule has 0 aliphatic carbocycles. The van der Waals surface area contributed by atoms with Gasteiger partial charge in [0.1, 0.15) is 0 Å². The average molecular weight is 213 g/mol. The molecule has 1 saturated heterocycles. The Kier molecular flexibility index (Phi) is 3.44. The number of nitrogens with zero attached hydrogens (tertiary/aromatic N) is 1. The number of ether oxygens (including phenoxy) is 1. The smallest absolute Gasteiger partial charge is 0.316 e. The van der Waals surface area contributed by atoms with E-state index in [2.05, 4.69) is 0 Å². The van der Waals surface area contributed by atoms with Crippen LogP contribution in [0.1, 0.15) is 33.1 Å². The van der Waals surface area contributed by atoms with Gasteiger partial charge in [-0.15, -0.1) is 0 Å². The minimum Gasteiger partial charge on any atom is -0.465 e. The molecule has 1 rings (SSSR count). The molecule has 1 fully saturated rings. The monoisotopic (exact) mass is 213 g/mol. The number of nitro groups is 1. The molecular weight excluding hydrogens is 198 g/mol. The first-order valence-corrected chi connectivity index (χ1v) is 5.03. The molecule has 1 heterocycles. The number of esters is 1. The summed E-state index contributed by atoms with van der Waals surface area (Å²) in [6.07, 6.45) is 3.38. The predicted molar refractivity (Wildman–Crippen MR) is 53.7 cm³/mol. The van der Waals surface area contributed by atoms with Gasteiger partial charge in [-0.25, -0.2) is 0 Å². The van der Waals surface area contributed by atoms with Crippen LogP contribution in [0.2, 0.25) is 0 Å². The van der Waals surface area contributed by atoms with Crippen LogP contribution in [-0.2, 0) is 9.53 Å². The molecule has 0 aromatic carbocycles. The fourth-order valence-corrected chi connectivity index (χ4v) is 1.81. The van der Waals surface area contributed by atoms with Crippen LogP contribution in [0.5, 0.6) is 0 Å². The van der Waals surface area contributed by atoms with Crippen LogP contribution in [-0.4, -0.2) is 17.5 Å². The van der Waals surface area contributed by atoms with Gasteiger partial charge in [0.15, 0.2) is 0 Å². The quantitative estimate of drug-likeness (QED) is 0.408. The molecule has 0 saturated carbocycles. The van der Waals surface area contributed by atoms with Gasteiger partial charge in [-0.1, -0.05) is 6.92 Å². The first-order valence-electron chi connectivity index (χ1n) is 5.03. The van der Waals surface area contributed by atoms with Crippen LogP contribution >= 0.6 is 0 Å². The topological polar surface area (TPSA) is 69.4 Å². The number of carbonyl (C=O) groups excluding carboxylic acids is 1. The van der Waals surface area contributed by atoms with Gasteiger partial charge in [0.2, 0.25) is 5.70 Å². The van der Waals surface area contributed by atoms with Gasteiger partial charge in [0.25, 0.3) is 0 Å². The van der Waals surface area contributed by atoms with Gasteiger partial charge >= 0.3 is 5.97 Å². The number of cyclic esters (lactones) is 1. The van der Waals surface area contributed by atoms with Crippen LogP contribution in [0.15, 0.2) is 11.8 Å². The Balaban J connectivity index is 2.98. The third-order valence-electron chi connectivity index (χ3n) is 2.81. The fraction of sp³-hybridized carbons (Fsp3) is 0.700. The maximum Gasteiger partial charge on any atom is 0.316 e. The van der Waals surface area contributed by atoms with E-state index in [1.165, 1.54) is 13.0 Å². The lowest BCUT2D eigenvalue weighted by Crippen LogP contribution is -2.35. The van der Waals surface area contributed by atoms with Crippen molar-refractivity contribution < 1.29 is 14.5 Å². The van der Waals surface area contributed by atoms with Crippen molar-refractivity contribution in [2.24, 2.45) is 5.41 Å². The van der Waals surface area contributed by atoms with Crippen molar-refractivity contribution in [2.45, 2.75) is 33.1 Å². The highest BCUT2D eigenvalue weighted by atomic mass is 16.6. The molecule has 0 bridgehead atoms. The lowest BCUT2D eigenvalue weighted by atomic mass is 9.78. The average Bonchev–Trinajstić information content (AvgIpc) is 2.21. The van der Waals surface area contributed by atoms with Gasteiger partial charge < -0.3 is 4.74 Å². The zero-order valence-electron chi connectivity index (χ0n) is 8.99. The van der Waals surface area contributed by atoms with Crippen molar-refractivity contribution in [3.8, 4) is 0 Å². The Hall–Kier alpha value is -1.39. The molecule has 84 valence electrons. The van der Waals surface area contributed by atoms with Gasteiger partial charge in [0, 0.05) is 13.0 Å². The van der Waals surface area contributed by atoms with Crippen LogP contribution in [0.25, 0.3) is 0 Å². The molecule has 0 aromatic heterocycles. The number of allylic oxidation sites excluding steroid dienone is 1. The number of hydrogen-bond donors (Lipinski definition) is 0. The van der Waals surface area contributed by atoms with Crippen molar-refractivity contribution in [1.82, 2.24) is 0 Å². The van der Waals surface area contributed by atoms with E-state index in [1.807, 2.05) is 6.92 Å². The van der Waals surface area contributed by atoms with E-state index < -0.39 is 10.3 Å². The Morgan fingerprint density at radius 2 is 2.40 bits per heavy atom. The largest absolute Gasteiger partial charge is 0.465 e. The fourth-order valence-electron chi connectivity index (χ4n) is 1.81. The number of hydrogen-bond acceptors (Lipinski definition) is 4. The van der Waals surface area contributed by atoms with E-state index >= 15 is 0 Å². The summed E-state index contributed by atoms with van der Waals surface area (Å²) in [6, 6.07) is 0. The summed E-state index contributed by atoms with van der Waals surface area (Å²) in [7, 11) is 0. The van der Waals surface area contributed by atoms with Crippen molar-refractivity contribution >= 4 is 5.97 Å². The summed E-state index contributed by atoms with van der Waals surface area (Å²) in [6.45, 7) is 3.67. The zero-order valence-corrected chi connectivity index (χ0v) is 8.99. The lowest BCUT2D eigenvalue weighted by Gasteiger charge is -2.30. The third-order valence-corrected chi connectivity index (χ3v) is 2.81. The highest BCUT2D eigenvalue weighted by Gasteiger charge is 2.40. The summed E-state index contributed by atoms with van der Waals surface area (Å²) in [5.74, 6) is -0.336. The molecule has 15 heavy (non-hydrogen) atoms. The number of carbonyl (C=O) groups is 1. The molecular formula is C10H15NO4. The van der Waals surface area contributed by atoms with Crippen LogP contribution in [0.4, 0.5) is 0 Å². The highest BCUT2D eigenvalue weighted by molar-refractivity contribution is 5.79. The number of rotatable bonds is 3. The van der Waals surface area contributed by atoms with E-state index in [9.17, 15) is 14.9 Å². The van der Waals surface area contributed by atoms with Gasteiger partial charge in [-0.3, -0.25) is 14.9 Å². The Morgan fingerprint density at radius 3 is 2.87 bits per heavy atom. The second-order valence-corrected chi connectivity index (χ2v) is 3.79. The second kappa shape index (κ2) is 4.42. The first kappa shape index (κ1) is 11.7. The third kappa shape index (κ3) is 2.34. The summed E-state index contributed by atoms with van der Waals surface area (Å²) in [5.41, 5.74) is -0.772. The molecule has 1 atom stereocenters. The van der Waals surface area contributed by atoms with Crippen LogP contribution in [0, 0.1) is 15.5 Å². The first-order chi connectivity index (χ1) is 7.02.